The van der Waals surface area contributed by atoms with E-state index in [2.05, 4.69) is 20.7 Å². The highest BCUT2D eigenvalue weighted by molar-refractivity contribution is 5.99. The van der Waals surface area contributed by atoms with E-state index in [1.165, 1.54) is 4.68 Å². The van der Waals surface area contributed by atoms with Crippen LogP contribution >= 0.6 is 0 Å². The zero-order valence-corrected chi connectivity index (χ0v) is 8.07. The van der Waals surface area contributed by atoms with Gasteiger partial charge in [-0.15, -0.1) is 5.10 Å². The average Bonchev–Trinajstić information content (AvgIpc) is 2.68. The van der Waals surface area contributed by atoms with Gasteiger partial charge in [0, 0.05) is 5.56 Å². The van der Waals surface area contributed by atoms with Crippen molar-refractivity contribution in [2.24, 2.45) is 5.16 Å². The summed E-state index contributed by atoms with van der Waals surface area (Å²) in [6.07, 6.45) is 0. The lowest BCUT2D eigenvalue weighted by Crippen LogP contribution is -2.16. The van der Waals surface area contributed by atoms with Gasteiger partial charge in [-0.2, -0.15) is 4.68 Å². The largest absolute Gasteiger partial charge is 0.409 e. The molecule has 76 valence electrons. The maximum atomic E-state index is 8.95. The molecule has 2 aromatic rings. The number of aryl methyl sites for hydroxylation is 1. The van der Waals surface area contributed by atoms with Crippen LogP contribution in [0.15, 0.2) is 35.5 Å². The predicted octanol–water partition coefficient (Wildman–Crippen LogP) is 0.666. The number of hydrogen-bond donors (Lipinski definition) is 1. The molecule has 1 heterocycles. The van der Waals surface area contributed by atoms with E-state index in [0.29, 0.717) is 11.7 Å². The normalized spacial score (nSPS) is 11.7. The number of hydrogen-bond acceptors (Lipinski definition) is 5. The van der Waals surface area contributed by atoms with Gasteiger partial charge in [0.1, 0.15) is 0 Å². The van der Waals surface area contributed by atoms with Crippen LogP contribution in [-0.4, -0.2) is 31.3 Å². The fraction of sp³-hybridized carbons (Fsp3) is 0.111. The molecule has 0 fully saturated rings. The third kappa shape index (κ3) is 1.69. The van der Waals surface area contributed by atoms with E-state index in [1.54, 1.807) is 6.92 Å². The second kappa shape index (κ2) is 3.87. The van der Waals surface area contributed by atoms with Gasteiger partial charge in [0.15, 0.2) is 5.82 Å². The Hall–Kier alpha value is -2.24. The summed E-state index contributed by atoms with van der Waals surface area (Å²) < 4.78 is 1.37. The molecule has 0 aliphatic carbocycles. The second-order valence-corrected chi connectivity index (χ2v) is 2.93. The monoisotopic (exact) mass is 203 g/mol. The summed E-state index contributed by atoms with van der Waals surface area (Å²) in [6, 6.07) is 9.21. The summed E-state index contributed by atoms with van der Waals surface area (Å²) in [4.78, 5) is 0. The molecular formula is C9H9N5O. The third-order valence-corrected chi connectivity index (χ3v) is 1.95. The summed E-state index contributed by atoms with van der Waals surface area (Å²) in [5.74, 6) is 0.866. The van der Waals surface area contributed by atoms with Gasteiger partial charge >= 0.3 is 0 Å². The van der Waals surface area contributed by atoms with Crippen molar-refractivity contribution in [3.63, 3.8) is 0 Å². The summed E-state index contributed by atoms with van der Waals surface area (Å²) in [5, 5.41) is 23.1. The first-order valence-corrected chi connectivity index (χ1v) is 4.36. The van der Waals surface area contributed by atoms with E-state index >= 15 is 0 Å². The van der Waals surface area contributed by atoms with Crippen molar-refractivity contribution in [3.05, 3.63) is 41.7 Å². The number of oxime groups is 1. The Bertz CT molecular complexity index is 476. The lowest BCUT2D eigenvalue weighted by molar-refractivity contribution is 0.316. The molecule has 0 radical (unpaired) electrons. The standard InChI is InChI=1S/C9H9N5O/c1-7-10-12-13-14(7)9(11-15)8-5-3-2-4-6-8/h2-6,15H,1H3/b11-9-. The molecule has 1 aromatic carbocycles. The van der Waals surface area contributed by atoms with Gasteiger partial charge in [-0.1, -0.05) is 35.5 Å². The van der Waals surface area contributed by atoms with Crippen LogP contribution in [0, 0.1) is 6.92 Å². The van der Waals surface area contributed by atoms with Crippen molar-refractivity contribution in [2.75, 3.05) is 0 Å². The van der Waals surface area contributed by atoms with Crippen LogP contribution in [0.2, 0.25) is 0 Å². The van der Waals surface area contributed by atoms with Crippen LogP contribution < -0.4 is 0 Å². The first-order chi connectivity index (χ1) is 7.33. The fourth-order valence-electron chi connectivity index (χ4n) is 1.24. The Labute approximate surface area is 85.8 Å². The maximum absolute atomic E-state index is 8.95. The van der Waals surface area contributed by atoms with E-state index in [0.717, 1.165) is 5.56 Å². The van der Waals surface area contributed by atoms with E-state index in [4.69, 9.17) is 5.21 Å². The number of aromatic nitrogens is 4. The summed E-state index contributed by atoms with van der Waals surface area (Å²) in [7, 11) is 0. The number of tetrazole rings is 1. The molecule has 0 bridgehead atoms. The Morgan fingerprint density at radius 1 is 1.33 bits per heavy atom. The first kappa shape index (κ1) is 9.32. The van der Waals surface area contributed by atoms with Gasteiger partial charge in [-0.3, -0.25) is 0 Å². The third-order valence-electron chi connectivity index (χ3n) is 1.95. The topological polar surface area (TPSA) is 76.2 Å². The van der Waals surface area contributed by atoms with Gasteiger partial charge in [0.2, 0.25) is 5.84 Å². The molecule has 0 atom stereocenters. The summed E-state index contributed by atoms with van der Waals surface area (Å²) >= 11 is 0. The number of benzene rings is 1. The van der Waals surface area contributed by atoms with Crippen molar-refractivity contribution in [1.29, 1.82) is 0 Å². The van der Waals surface area contributed by atoms with Gasteiger partial charge in [0.05, 0.1) is 0 Å². The highest BCUT2D eigenvalue weighted by Gasteiger charge is 2.10. The minimum Gasteiger partial charge on any atom is -0.409 e. The van der Waals surface area contributed by atoms with Crippen molar-refractivity contribution in [2.45, 2.75) is 6.92 Å². The second-order valence-electron chi connectivity index (χ2n) is 2.93. The van der Waals surface area contributed by atoms with Gasteiger partial charge in [-0.25, -0.2) is 0 Å². The molecule has 15 heavy (non-hydrogen) atoms. The van der Waals surface area contributed by atoms with E-state index in [1.807, 2.05) is 30.3 Å². The maximum Gasteiger partial charge on any atom is 0.203 e. The quantitative estimate of drug-likeness (QED) is 0.320. The minimum atomic E-state index is 0.304. The molecular weight excluding hydrogens is 194 g/mol. The fourth-order valence-corrected chi connectivity index (χ4v) is 1.24. The number of nitrogens with zero attached hydrogens (tertiary/aromatic N) is 5. The van der Waals surface area contributed by atoms with E-state index in [9.17, 15) is 0 Å². The van der Waals surface area contributed by atoms with Crippen LogP contribution in [-0.2, 0) is 0 Å². The first-order valence-electron chi connectivity index (χ1n) is 4.36. The van der Waals surface area contributed by atoms with Crippen LogP contribution in [0.4, 0.5) is 0 Å². The average molecular weight is 203 g/mol. The molecule has 1 aromatic heterocycles. The molecule has 0 amide bonds. The SMILES string of the molecule is Cc1nnnn1/C(=N\O)c1ccccc1. The molecule has 1 N–H and O–H groups in total. The molecule has 2 rings (SSSR count). The van der Waals surface area contributed by atoms with E-state index in [-0.39, 0.29) is 0 Å². The smallest absolute Gasteiger partial charge is 0.203 e. The van der Waals surface area contributed by atoms with Crippen molar-refractivity contribution >= 4 is 5.84 Å². The highest BCUT2D eigenvalue weighted by atomic mass is 16.4. The van der Waals surface area contributed by atoms with Crippen molar-refractivity contribution in [1.82, 2.24) is 20.2 Å². The van der Waals surface area contributed by atoms with Crippen LogP contribution in [0.25, 0.3) is 0 Å². The Balaban J connectivity index is 2.48. The van der Waals surface area contributed by atoms with Crippen LogP contribution in [0.1, 0.15) is 11.4 Å². The van der Waals surface area contributed by atoms with Crippen LogP contribution in [0.5, 0.6) is 0 Å². The Kier molecular flexibility index (Phi) is 2.40. The molecule has 0 saturated heterocycles. The molecule has 0 saturated carbocycles. The minimum absolute atomic E-state index is 0.304. The zero-order chi connectivity index (χ0) is 10.7. The Morgan fingerprint density at radius 3 is 2.60 bits per heavy atom. The zero-order valence-electron chi connectivity index (χ0n) is 8.07. The molecule has 0 unspecified atom stereocenters. The van der Waals surface area contributed by atoms with E-state index < -0.39 is 0 Å². The lowest BCUT2D eigenvalue weighted by atomic mass is 10.2. The van der Waals surface area contributed by atoms with Gasteiger partial charge < -0.3 is 5.21 Å². The lowest BCUT2D eigenvalue weighted by Gasteiger charge is -2.03. The predicted molar refractivity (Wildman–Crippen MR) is 52.7 cm³/mol. The molecule has 0 aliphatic rings. The summed E-state index contributed by atoms with van der Waals surface area (Å²) in [6.45, 7) is 1.73. The van der Waals surface area contributed by atoms with Crippen molar-refractivity contribution < 1.29 is 5.21 Å². The molecule has 6 heteroatoms. The van der Waals surface area contributed by atoms with Gasteiger partial charge in [0.25, 0.3) is 0 Å². The molecule has 6 nitrogen and oxygen atoms in total. The molecule has 0 aliphatic heterocycles. The summed E-state index contributed by atoms with van der Waals surface area (Å²) in [5.41, 5.74) is 0.746. The van der Waals surface area contributed by atoms with Crippen LogP contribution in [0.3, 0.4) is 0 Å². The number of rotatable bonds is 1. The Morgan fingerprint density at radius 2 is 2.07 bits per heavy atom. The highest BCUT2D eigenvalue weighted by Crippen LogP contribution is 2.03. The van der Waals surface area contributed by atoms with Gasteiger partial charge in [-0.05, 0) is 17.4 Å². The molecule has 0 spiro atoms. The van der Waals surface area contributed by atoms with Crippen molar-refractivity contribution in [3.8, 4) is 0 Å².